The summed E-state index contributed by atoms with van der Waals surface area (Å²) in [6, 6.07) is 1.80. The molecule has 0 saturated heterocycles. The normalized spacial score (nSPS) is 10.7. The molecule has 112 valence electrons. The van der Waals surface area contributed by atoms with E-state index in [4.69, 9.17) is 0 Å². The van der Waals surface area contributed by atoms with E-state index < -0.39 is 0 Å². The molecule has 1 heterocycles. The molecule has 0 aromatic carbocycles. The van der Waals surface area contributed by atoms with Crippen LogP contribution in [0.15, 0.2) is 18.5 Å². The van der Waals surface area contributed by atoms with E-state index >= 15 is 0 Å². The Balaban J connectivity index is 2.90. The summed E-state index contributed by atoms with van der Waals surface area (Å²) in [5, 5.41) is 3.21. The molecule has 0 aliphatic carbocycles. The van der Waals surface area contributed by atoms with E-state index in [9.17, 15) is 4.79 Å². The third-order valence-corrected chi connectivity index (χ3v) is 3.72. The number of carbonyl (C=O) groups is 1. The van der Waals surface area contributed by atoms with Crippen LogP contribution in [0.5, 0.6) is 0 Å². The Bertz CT molecular complexity index is 416. The van der Waals surface area contributed by atoms with Crippen molar-refractivity contribution in [2.24, 2.45) is 5.92 Å². The lowest BCUT2D eigenvalue weighted by Gasteiger charge is -2.26. The van der Waals surface area contributed by atoms with Gasteiger partial charge in [-0.15, -0.1) is 0 Å². The van der Waals surface area contributed by atoms with E-state index in [-0.39, 0.29) is 5.91 Å². The van der Waals surface area contributed by atoms with E-state index in [1.54, 1.807) is 18.5 Å². The van der Waals surface area contributed by atoms with Crippen LogP contribution < -0.4 is 5.32 Å². The highest BCUT2D eigenvalue weighted by molar-refractivity contribution is 5.99. The van der Waals surface area contributed by atoms with Crippen LogP contribution in [0.1, 0.15) is 50.9 Å². The van der Waals surface area contributed by atoms with Crippen molar-refractivity contribution < 1.29 is 4.79 Å². The summed E-state index contributed by atoms with van der Waals surface area (Å²) in [4.78, 5) is 18.7. The van der Waals surface area contributed by atoms with Crippen LogP contribution in [0.2, 0.25) is 0 Å². The van der Waals surface area contributed by atoms with Crippen molar-refractivity contribution in [1.82, 2.24) is 9.88 Å². The fourth-order valence-electron chi connectivity index (χ4n) is 2.30. The number of anilines is 1. The molecule has 0 aliphatic rings. The van der Waals surface area contributed by atoms with Crippen LogP contribution >= 0.6 is 0 Å². The highest BCUT2D eigenvalue weighted by atomic mass is 16.2. The van der Waals surface area contributed by atoms with Crippen molar-refractivity contribution in [3.05, 3.63) is 24.0 Å². The Morgan fingerprint density at radius 1 is 1.30 bits per heavy atom. The number of rotatable bonds is 8. The Morgan fingerprint density at radius 3 is 2.55 bits per heavy atom. The molecule has 0 bridgehead atoms. The number of aromatic nitrogens is 1. The number of hydrogen-bond acceptors (Lipinski definition) is 3. The maximum absolute atomic E-state index is 12.7. The first-order chi connectivity index (χ1) is 9.67. The number of carbonyl (C=O) groups excluding carboxylic acids is 1. The van der Waals surface area contributed by atoms with E-state index in [1.807, 2.05) is 18.7 Å². The third kappa shape index (κ3) is 4.22. The number of nitrogens with one attached hydrogen (secondary N) is 1. The first-order valence-electron chi connectivity index (χ1n) is 7.64. The second-order valence-corrected chi connectivity index (χ2v) is 4.98. The minimum atomic E-state index is 0.0951. The molecule has 20 heavy (non-hydrogen) atoms. The number of pyridine rings is 1. The molecule has 1 aromatic heterocycles. The van der Waals surface area contributed by atoms with Crippen LogP contribution in [-0.4, -0.2) is 35.4 Å². The lowest BCUT2D eigenvalue weighted by atomic mass is 10.0. The second kappa shape index (κ2) is 8.56. The number of amides is 1. The fraction of sp³-hybridized carbons (Fsp3) is 0.625. The number of hydrogen-bond donors (Lipinski definition) is 1. The predicted octanol–water partition coefficient (Wildman–Crippen LogP) is 3.41. The Kier molecular flexibility index (Phi) is 7.05. The van der Waals surface area contributed by atoms with Crippen LogP contribution in [0.25, 0.3) is 0 Å². The number of nitrogens with zero attached hydrogens (tertiary/aromatic N) is 2. The summed E-state index contributed by atoms with van der Waals surface area (Å²) in [6.45, 7) is 10.8. The van der Waals surface area contributed by atoms with E-state index in [2.05, 4.69) is 24.1 Å². The van der Waals surface area contributed by atoms with Crippen molar-refractivity contribution in [2.75, 3.05) is 25.0 Å². The smallest absolute Gasteiger partial charge is 0.256 e. The maximum atomic E-state index is 12.7. The molecular formula is C16H27N3O. The average molecular weight is 277 g/mol. The molecule has 1 aromatic rings. The first-order valence-corrected chi connectivity index (χ1v) is 7.64. The van der Waals surface area contributed by atoms with Gasteiger partial charge in [-0.3, -0.25) is 9.78 Å². The van der Waals surface area contributed by atoms with Gasteiger partial charge in [0.05, 0.1) is 17.4 Å². The molecule has 0 fully saturated rings. The van der Waals surface area contributed by atoms with Crippen molar-refractivity contribution in [3.8, 4) is 0 Å². The third-order valence-electron chi connectivity index (χ3n) is 3.72. The molecule has 0 saturated carbocycles. The zero-order valence-corrected chi connectivity index (χ0v) is 13.1. The summed E-state index contributed by atoms with van der Waals surface area (Å²) in [5.41, 5.74) is 1.54. The van der Waals surface area contributed by atoms with Crippen LogP contribution in [0.3, 0.4) is 0 Å². The summed E-state index contributed by atoms with van der Waals surface area (Å²) >= 11 is 0. The molecule has 0 radical (unpaired) electrons. The molecule has 0 spiro atoms. The zero-order chi connectivity index (χ0) is 15.0. The summed E-state index contributed by atoms with van der Waals surface area (Å²) in [5.74, 6) is 0.668. The van der Waals surface area contributed by atoms with Gasteiger partial charge in [0.2, 0.25) is 0 Å². The molecule has 4 nitrogen and oxygen atoms in total. The topological polar surface area (TPSA) is 45.2 Å². The summed E-state index contributed by atoms with van der Waals surface area (Å²) in [7, 11) is 0. The second-order valence-electron chi connectivity index (χ2n) is 4.98. The minimum Gasteiger partial charge on any atom is -0.383 e. The van der Waals surface area contributed by atoms with Gasteiger partial charge in [0.15, 0.2) is 0 Å². The molecule has 0 unspecified atom stereocenters. The summed E-state index contributed by atoms with van der Waals surface area (Å²) < 4.78 is 0. The lowest BCUT2D eigenvalue weighted by Crippen LogP contribution is -2.35. The first kappa shape index (κ1) is 16.5. The van der Waals surface area contributed by atoms with E-state index in [0.717, 1.165) is 43.7 Å². The van der Waals surface area contributed by atoms with Gasteiger partial charge in [-0.1, -0.05) is 26.7 Å². The summed E-state index contributed by atoms with van der Waals surface area (Å²) in [6.07, 6.45) is 5.62. The van der Waals surface area contributed by atoms with Gasteiger partial charge in [0.1, 0.15) is 0 Å². The van der Waals surface area contributed by atoms with Crippen molar-refractivity contribution in [1.29, 1.82) is 0 Å². The quantitative estimate of drug-likeness (QED) is 0.792. The van der Waals surface area contributed by atoms with Gasteiger partial charge < -0.3 is 10.2 Å². The molecule has 4 heteroatoms. The standard InChI is InChI=1S/C16H27N3O/c1-5-13(6-2)12-19(8-4)16(20)14-9-10-17-11-15(14)18-7-3/h9-11,13,18H,5-8,12H2,1-4H3. The molecule has 1 rings (SSSR count). The van der Waals surface area contributed by atoms with Crippen LogP contribution in [0.4, 0.5) is 5.69 Å². The van der Waals surface area contributed by atoms with Crippen molar-refractivity contribution in [3.63, 3.8) is 0 Å². The van der Waals surface area contributed by atoms with Gasteiger partial charge in [0.25, 0.3) is 5.91 Å². The highest BCUT2D eigenvalue weighted by Crippen LogP contribution is 2.18. The van der Waals surface area contributed by atoms with Gasteiger partial charge >= 0.3 is 0 Å². The van der Waals surface area contributed by atoms with Crippen LogP contribution in [0, 0.1) is 5.92 Å². The van der Waals surface area contributed by atoms with Crippen molar-refractivity contribution in [2.45, 2.75) is 40.5 Å². The van der Waals surface area contributed by atoms with Gasteiger partial charge in [0, 0.05) is 25.8 Å². The molecule has 1 N–H and O–H groups in total. The van der Waals surface area contributed by atoms with Crippen molar-refractivity contribution >= 4 is 11.6 Å². The molecule has 0 atom stereocenters. The van der Waals surface area contributed by atoms with Gasteiger partial charge in [-0.25, -0.2) is 0 Å². The lowest BCUT2D eigenvalue weighted by molar-refractivity contribution is 0.0736. The highest BCUT2D eigenvalue weighted by Gasteiger charge is 2.19. The Hall–Kier alpha value is -1.58. The Labute approximate surface area is 122 Å². The SMILES string of the molecule is CCNc1cnccc1C(=O)N(CC)CC(CC)CC. The zero-order valence-electron chi connectivity index (χ0n) is 13.1. The monoisotopic (exact) mass is 277 g/mol. The van der Waals surface area contributed by atoms with Gasteiger partial charge in [-0.05, 0) is 25.8 Å². The molecular weight excluding hydrogens is 250 g/mol. The molecule has 1 amide bonds. The van der Waals surface area contributed by atoms with Gasteiger partial charge in [-0.2, -0.15) is 0 Å². The van der Waals surface area contributed by atoms with E-state index in [1.165, 1.54) is 0 Å². The minimum absolute atomic E-state index is 0.0951. The fourth-order valence-corrected chi connectivity index (χ4v) is 2.30. The van der Waals surface area contributed by atoms with Crippen LogP contribution in [-0.2, 0) is 0 Å². The predicted molar refractivity (Wildman–Crippen MR) is 84.1 cm³/mol. The average Bonchev–Trinajstić information content (AvgIpc) is 2.49. The van der Waals surface area contributed by atoms with E-state index in [0.29, 0.717) is 5.92 Å². The largest absolute Gasteiger partial charge is 0.383 e. The molecule has 0 aliphatic heterocycles. The Morgan fingerprint density at radius 2 is 2.00 bits per heavy atom. The maximum Gasteiger partial charge on any atom is 0.256 e.